The van der Waals surface area contributed by atoms with Crippen LogP contribution >= 0.6 is 0 Å². The lowest BCUT2D eigenvalue weighted by Gasteiger charge is -2.33. The zero-order chi connectivity index (χ0) is 17.7. The molecule has 0 unspecified atom stereocenters. The average Bonchev–Trinajstić information content (AvgIpc) is 2.43. The molecule has 1 aromatic carbocycles. The van der Waals surface area contributed by atoms with E-state index in [0.29, 0.717) is 24.2 Å². The molecule has 0 saturated heterocycles. The first-order valence-corrected chi connectivity index (χ1v) is 9.24. The van der Waals surface area contributed by atoms with Crippen molar-refractivity contribution in [3.05, 3.63) is 29.3 Å². The van der Waals surface area contributed by atoms with E-state index < -0.39 is 0 Å². The Hall–Kier alpha value is -0.795. The van der Waals surface area contributed by atoms with Gasteiger partial charge >= 0.3 is 0 Å². The van der Waals surface area contributed by atoms with Gasteiger partial charge in [0.1, 0.15) is 7.85 Å². The molecule has 0 heterocycles. The van der Waals surface area contributed by atoms with E-state index in [1.165, 1.54) is 16.6 Å². The molecule has 0 spiro atoms. The third-order valence-electron chi connectivity index (χ3n) is 4.92. The average molecular weight is 316 g/mol. The molecular formula is C20H37BN2. The highest BCUT2D eigenvalue weighted by molar-refractivity contribution is 6.34. The Kier molecular flexibility index (Phi) is 7.83. The summed E-state index contributed by atoms with van der Waals surface area (Å²) in [4.78, 5) is 5.13. The lowest BCUT2D eigenvalue weighted by molar-refractivity contribution is 0.164. The minimum Gasteiger partial charge on any atom is -0.294 e. The Bertz CT molecular complexity index is 424. The maximum Gasteiger partial charge on any atom is 0.140 e. The minimum absolute atomic E-state index is 0.570. The molecule has 130 valence electrons. The van der Waals surface area contributed by atoms with Gasteiger partial charge in [0.25, 0.3) is 0 Å². The van der Waals surface area contributed by atoms with Crippen molar-refractivity contribution in [1.29, 1.82) is 0 Å². The van der Waals surface area contributed by atoms with Gasteiger partial charge in [0, 0.05) is 37.3 Å². The summed E-state index contributed by atoms with van der Waals surface area (Å²) in [5, 5.41) is 0. The largest absolute Gasteiger partial charge is 0.294 e. The second-order valence-corrected chi connectivity index (χ2v) is 7.92. The summed E-state index contributed by atoms with van der Waals surface area (Å²) in [6, 6.07) is 9.11. The summed E-state index contributed by atoms with van der Waals surface area (Å²) in [7, 11) is 2.29. The van der Waals surface area contributed by atoms with E-state index in [4.69, 9.17) is 0 Å². The maximum absolute atomic E-state index is 2.56. The van der Waals surface area contributed by atoms with Crippen molar-refractivity contribution in [1.82, 2.24) is 9.80 Å². The molecule has 0 N–H and O–H groups in total. The Labute approximate surface area is 145 Å². The standard InChI is InChI=1S/C20H37BN2/c1-14(2)22(15(3)4)12-18-10-9-11-19(20(18)21)13-23(16(5)6)17(7)8/h9-11,14-17H,12-13,21H2,1-8H3. The molecule has 0 aliphatic carbocycles. The first-order chi connectivity index (χ1) is 10.6. The number of nitrogens with zero attached hydrogens (tertiary/aromatic N) is 2. The number of hydrogen-bond acceptors (Lipinski definition) is 2. The molecule has 0 aliphatic heterocycles. The Morgan fingerprint density at radius 2 is 1.00 bits per heavy atom. The van der Waals surface area contributed by atoms with Crippen LogP contribution in [0.4, 0.5) is 0 Å². The van der Waals surface area contributed by atoms with Crippen LogP contribution < -0.4 is 5.46 Å². The highest BCUT2D eigenvalue weighted by atomic mass is 15.2. The highest BCUT2D eigenvalue weighted by Crippen LogP contribution is 2.15. The normalized spacial score (nSPS) is 12.6. The van der Waals surface area contributed by atoms with Gasteiger partial charge in [0.15, 0.2) is 0 Å². The fourth-order valence-corrected chi connectivity index (χ4v) is 3.40. The Balaban J connectivity index is 3.02. The van der Waals surface area contributed by atoms with Crippen LogP contribution in [0.2, 0.25) is 0 Å². The molecule has 1 aromatic rings. The van der Waals surface area contributed by atoms with Crippen molar-refractivity contribution in [2.75, 3.05) is 0 Å². The maximum atomic E-state index is 2.56. The molecule has 1 rings (SSSR count). The van der Waals surface area contributed by atoms with Crippen molar-refractivity contribution in [3.8, 4) is 0 Å². The molecular weight excluding hydrogens is 279 g/mol. The molecule has 0 aliphatic rings. The number of rotatable bonds is 8. The van der Waals surface area contributed by atoms with Crippen molar-refractivity contribution < 1.29 is 0 Å². The smallest absolute Gasteiger partial charge is 0.140 e. The van der Waals surface area contributed by atoms with Crippen molar-refractivity contribution >= 4 is 13.3 Å². The molecule has 2 nitrogen and oxygen atoms in total. The van der Waals surface area contributed by atoms with Gasteiger partial charge in [-0.1, -0.05) is 23.7 Å². The summed E-state index contributed by atoms with van der Waals surface area (Å²) in [5.74, 6) is 0. The zero-order valence-corrected chi connectivity index (χ0v) is 16.9. The van der Waals surface area contributed by atoms with Gasteiger partial charge < -0.3 is 0 Å². The van der Waals surface area contributed by atoms with Gasteiger partial charge in [-0.05, 0) is 66.5 Å². The Morgan fingerprint density at radius 1 is 0.696 bits per heavy atom. The lowest BCUT2D eigenvalue weighted by Crippen LogP contribution is -2.40. The van der Waals surface area contributed by atoms with Crippen molar-refractivity contribution in [2.24, 2.45) is 0 Å². The van der Waals surface area contributed by atoms with Gasteiger partial charge in [-0.2, -0.15) is 0 Å². The SMILES string of the molecule is Bc1c(CN(C(C)C)C(C)C)cccc1CN(C(C)C)C(C)C. The second kappa shape index (κ2) is 8.89. The lowest BCUT2D eigenvalue weighted by atomic mass is 9.84. The molecule has 0 amide bonds. The monoisotopic (exact) mass is 316 g/mol. The van der Waals surface area contributed by atoms with E-state index >= 15 is 0 Å². The summed E-state index contributed by atoms with van der Waals surface area (Å²) in [6.07, 6.45) is 0. The van der Waals surface area contributed by atoms with Crippen LogP contribution in [-0.2, 0) is 13.1 Å². The number of benzene rings is 1. The minimum atomic E-state index is 0.570. The fraction of sp³-hybridized carbons (Fsp3) is 0.700. The van der Waals surface area contributed by atoms with Crippen LogP contribution in [0.1, 0.15) is 66.5 Å². The van der Waals surface area contributed by atoms with E-state index in [0.717, 1.165) is 13.1 Å². The molecule has 0 atom stereocenters. The zero-order valence-electron chi connectivity index (χ0n) is 16.9. The van der Waals surface area contributed by atoms with Crippen molar-refractivity contribution in [2.45, 2.75) is 92.6 Å². The molecule has 0 saturated carbocycles. The van der Waals surface area contributed by atoms with Crippen LogP contribution in [0.15, 0.2) is 18.2 Å². The molecule has 3 heteroatoms. The van der Waals surface area contributed by atoms with Gasteiger partial charge in [0.2, 0.25) is 0 Å². The van der Waals surface area contributed by atoms with Crippen LogP contribution in [-0.4, -0.2) is 41.8 Å². The van der Waals surface area contributed by atoms with Gasteiger partial charge in [-0.3, -0.25) is 9.80 Å². The summed E-state index contributed by atoms with van der Waals surface area (Å²) >= 11 is 0. The predicted octanol–water partition coefficient (Wildman–Crippen LogP) is 3.18. The van der Waals surface area contributed by atoms with E-state index in [1.54, 1.807) is 0 Å². The van der Waals surface area contributed by atoms with E-state index in [2.05, 4.69) is 91.2 Å². The van der Waals surface area contributed by atoms with Crippen LogP contribution in [0, 0.1) is 0 Å². The molecule has 0 aromatic heterocycles. The second-order valence-electron chi connectivity index (χ2n) is 7.92. The Morgan fingerprint density at radius 3 is 1.26 bits per heavy atom. The third-order valence-corrected chi connectivity index (χ3v) is 4.92. The third kappa shape index (κ3) is 5.65. The molecule has 0 fully saturated rings. The predicted molar refractivity (Wildman–Crippen MR) is 106 cm³/mol. The molecule has 0 bridgehead atoms. The van der Waals surface area contributed by atoms with E-state index in [1.807, 2.05) is 0 Å². The van der Waals surface area contributed by atoms with Crippen LogP contribution in [0.3, 0.4) is 0 Å². The van der Waals surface area contributed by atoms with Crippen LogP contribution in [0.25, 0.3) is 0 Å². The van der Waals surface area contributed by atoms with Gasteiger partial charge in [-0.25, -0.2) is 0 Å². The molecule has 23 heavy (non-hydrogen) atoms. The molecule has 0 radical (unpaired) electrons. The number of hydrogen-bond donors (Lipinski definition) is 0. The summed E-state index contributed by atoms with van der Waals surface area (Å²) < 4.78 is 0. The highest BCUT2D eigenvalue weighted by Gasteiger charge is 2.18. The topological polar surface area (TPSA) is 6.48 Å². The van der Waals surface area contributed by atoms with Crippen molar-refractivity contribution in [3.63, 3.8) is 0 Å². The quantitative estimate of drug-likeness (QED) is 0.680. The van der Waals surface area contributed by atoms with Gasteiger partial charge in [0.05, 0.1) is 0 Å². The fourth-order valence-electron chi connectivity index (χ4n) is 3.40. The van der Waals surface area contributed by atoms with Gasteiger partial charge in [-0.15, -0.1) is 0 Å². The first kappa shape index (κ1) is 20.2. The van der Waals surface area contributed by atoms with E-state index in [9.17, 15) is 0 Å². The van der Waals surface area contributed by atoms with Crippen LogP contribution in [0.5, 0.6) is 0 Å². The summed E-state index contributed by atoms with van der Waals surface area (Å²) in [6.45, 7) is 20.4. The van der Waals surface area contributed by atoms with E-state index in [-0.39, 0.29) is 0 Å². The first-order valence-electron chi connectivity index (χ1n) is 9.24. The summed E-state index contributed by atoms with van der Waals surface area (Å²) in [5.41, 5.74) is 4.40.